The molecular formula is C15H29IN4O. The number of guanidine groups is 1. The number of carbonyl (C=O) groups excluding carboxylic acids is 1. The summed E-state index contributed by atoms with van der Waals surface area (Å²) in [5, 5.41) is 3.48. The van der Waals surface area contributed by atoms with Crippen LogP contribution in [0.4, 0.5) is 0 Å². The zero-order chi connectivity index (χ0) is 15.1. The van der Waals surface area contributed by atoms with Gasteiger partial charge in [-0.05, 0) is 19.8 Å². The van der Waals surface area contributed by atoms with Crippen LogP contribution in [0.1, 0.15) is 32.6 Å². The van der Waals surface area contributed by atoms with Crippen molar-refractivity contribution in [2.24, 2.45) is 4.99 Å². The lowest BCUT2D eigenvalue weighted by atomic mass is 10.2. The summed E-state index contributed by atoms with van der Waals surface area (Å²) in [4.78, 5) is 19.7. The molecule has 1 amide bonds. The molecule has 21 heavy (non-hydrogen) atoms. The largest absolute Gasteiger partial charge is 0.353 e. The molecule has 0 atom stereocenters. The Balaban J connectivity index is 0.00000400. The topological polar surface area (TPSA) is 47.9 Å². The summed E-state index contributed by atoms with van der Waals surface area (Å²) in [5.41, 5.74) is 1.08. The molecule has 6 heteroatoms. The molecule has 0 heterocycles. The molecule has 1 fully saturated rings. The average molecular weight is 408 g/mol. The number of nitrogens with one attached hydrogen (secondary N) is 1. The average Bonchev–Trinajstić information content (AvgIpc) is 2.85. The standard InChI is InChI=1S/C15H28N4O.HI/c1-12(2)11-19(5)15(16-10-14(20)18(3)4)17-13-8-6-7-9-13;/h13H,1,6-11H2,2-5H3,(H,16,17);1H. The minimum absolute atomic E-state index is 0. The van der Waals surface area contributed by atoms with Crippen molar-refractivity contribution in [3.05, 3.63) is 12.2 Å². The molecule has 1 N–H and O–H groups in total. The number of rotatable bonds is 5. The predicted molar refractivity (Wildman–Crippen MR) is 99.2 cm³/mol. The number of hydrogen-bond acceptors (Lipinski definition) is 2. The predicted octanol–water partition coefficient (Wildman–Crippen LogP) is 2.09. The second-order valence-corrected chi connectivity index (χ2v) is 5.87. The highest BCUT2D eigenvalue weighted by Gasteiger charge is 2.18. The van der Waals surface area contributed by atoms with Gasteiger partial charge in [-0.25, -0.2) is 4.99 Å². The third-order valence-electron chi connectivity index (χ3n) is 3.42. The summed E-state index contributed by atoms with van der Waals surface area (Å²) in [6.07, 6.45) is 4.90. The zero-order valence-electron chi connectivity index (χ0n) is 13.7. The molecule has 1 rings (SSSR count). The van der Waals surface area contributed by atoms with Crippen LogP contribution in [0, 0.1) is 0 Å². The van der Waals surface area contributed by atoms with Crippen LogP contribution in [-0.2, 0) is 4.79 Å². The van der Waals surface area contributed by atoms with Crippen LogP contribution in [0.3, 0.4) is 0 Å². The van der Waals surface area contributed by atoms with Crippen LogP contribution in [0.15, 0.2) is 17.1 Å². The van der Waals surface area contributed by atoms with Gasteiger partial charge in [0.15, 0.2) is 5.96 Å². The fraction of sp³-hybridized carbons (Fsp3) is 0.733. The molecule has 5 nitrogen and oxygen atoms in total. The Labute approximate surface area is 145 Å². The summed E-state index contributed by atoms with van der Waals surface area (Å²) in [6.45, 7) is 6.86. The number of nitrogens with zero attached hydrogens (tertiary/aromatic N) is 3. The second-order valence-electron chi connectivity index (χ2n) is 5.87. The quantitative estimate of drug-likeness (QED) is 0.328. The molecule has 1 saturated carbocycles. The maximum absolute atomic E-state index is 11.7. The van der Waals surface area contributed by atoms with E-state index < -0.39 is 0 Å². The van der Waals surface area contributed by atoms with E-state index in [1.807, 2.05) is 18.9 Å². The highest BCUT2D eigenvalue weighted by molar-refractivity contribution is 14.0. The number of aliphatic imine (C=N–C) groups is 1. The molecule has 1 aliphatic rings. The summed E-state index contributed by atoms with van der Waals surface area (Å²) in [7, 11) is 5.48. The van der Waals surface area contributed by atoms with Gasteiger partial charge in [-0.2, -0.15) is 0 Å². The van der Waals surface area contributed by atoms with Crippen molar-refractivity contribution < 1.29 is 4.79 Å². The number of amides is 1. The first-order valence-electron chi connectivity index (χ1n) is 7.26. The first-order chi connectivity index (χ1) is 9.40. The Hall–Kier alpha value is -0.790. The van der Waals surface area contributed by atoms with E-state index in [-0.39, 0.29) is 36.4 Å². The number of carbonyl (C=O) groups is 1. The van der Waals surface area contributed by atoms with Gasteiger partial charge in [0.05, 0.1) is 0 Å². The molecule has 1 aliphatic carbocycles. The van der Waals surface area contributed by atoms with Crippen LogP contribution in [-0.4, -0.2) is 61.9 Å². The molecule has 0 spiro atoms. The highest BCUT2D eigenvalue weighted by Crippen LogP contribution is 2.17. The van der Waals surface area contributed by atoms with E-state index in [0.717, 1.165) is 18.1 Å². The van der Waals surface area contributed by atoms with Crippen LogP contribution < -0.4 is 5.32 Å². The van der Waals surface area contributed by atoms with Crippen molar-refractivity contribution in [3.8, 4) is 0 Å². The van der Waals surface area contributed by atoms with E-state index in [0.29, 0.717) is 6.04 Å². The number of halogens is 1. The van der Waals surface area contributed by atoms with Gasteiger partial charge in [0.2, 0.25) is 5.91 Å². The molecule has 122 valence electrons. The molecular weight excluding hydrogens is 379 g/mol. The number of hydrogen-bond donors (Lipinski definition) is 1. The Kier molecular flexibility index (Phi) is 9.65. The third kappa shape index (κ3) is 7.68. The molecule has 0 bridgehead atoms. The van der Waals surface area contributed by atoms with Crippen molar-refractivity contribution in [2.45, 2.75) is 38.6 Å². The van der Waals surface area contributed by atoms with E-state index in [4.69, 9.17) is 0 Å². The minimum atomic E-state index is 0. The van der Waals surface area contributed by atoms with Gasteiger partial charge in [0.1, 0.15) is 6.54 Å². The zero-order valence-corrected chi connectivity index (χ0v) is 16.0. The van der Waals surface area contributed by atoms with Crippen molar-refractivity contribution in [2.75, 3.05) is 34.2 Å². The Bertz CT molecular complexity index is 376. The maximum atomic E-state index is 11.7. The minimum Gasteiger partial charge on any atom is -0.353 e. The Morgan fingerprint density at radius 1 is 1.29 bits per heavy atom. The maximum Gasteiger partial charge on any atom is 0.243 e. The van der Waals surface area contributed by atoms with Gasteiger partial charge in [-0.3, -0.25) is 4.79 Å². The molecule has 0 aromatic heterocycles. The summed E-state index contributed by atoms with van der Waals surface area (Å²) in [6, 6.07) is 0.482. The molecule has 0 aliphatic heterocycles. The molecule has 0 aromatic rings. The van der Waals surface area contributed by atoms with Crippen molar-refractivity contribution >= 4 is 35.8 Å². The molecule has 0 aromatic carbocycles. The summed E-state index contributed by atoms with van der Waals surface area (Å²) < 4.78 is 0. The second kappa shape index (κ2) is 10.0. The molecule has 0 saturated heterocycles. The van der Waals surface area contributed by atoms with E-state index >= 15 is 0 Å². The van der Waals surface area contributed by atoms with Crippen molar-refractivity contribution in [1.29, 1.82) is 0 Å². The van der Waals surface area contributed by atoms with Gasteiger partial charge < -0.3 is 15.1 Å². The normalized spacial score (nSPS) is 15.3. The SMILES string of the molecule is C=C(C)CN(C)C(=NCC(=O)N(C)C)NC1CCCC1.I. The van der Waals surface area contributed by atoms with Gasteiger partial charge in [0.25, 0.3) is 0 Å². The van der Waals surface area contributed by atoms with Crippen LogP contribution in [0.2, 0.25) is 0 Å². The summed E-state index contributed by atoms with van der Waals surface area (Å²) >= 11 is 0. The van der Waals surface area contributed by atoms with E-state index in [2.05, 4.69) is 16.9 Å². The van der Waals surface area contributed by atoms with Crippen LogP contribution in [0.25, 0.3) is 0 Å². The molecule has 0 radical (unpaired) electrons. The highest BCUT2D eigenvalue weighted by atomic mass is 127. The first-order valence-corrected chi connectivity index (χ1v) is 7.26. The van der Waals surface area contributed by atoms with E-state index in [9.17, 15) is 4.79 Å². The fourth-order valence-electron chi connectivity index (χ4n) is 2.29. The lowest BCUT2D eigenvalue weighted by Gasteiger charge is -2.25. The smallest absolute Gasteiger partial charge is 0.243 e. The van der Waals surface area contributed by atoms with Gasteiger partial charge >= 0.3 is 0 Å². The number of likely N-dealkylation sites (N-methyl/N-ethyl adjacent to an activating group) is 2. The van der Waals surface area contributed by atoms with E-state index in [1.165, 1.54) is 25.7 Å². The molecule has 0 unspecified atom stereocenters. The van der Waals surface area contributed by atoms with Gasteiger partial charge in [0, 0.05) is 33.7 Å². The Morgan fingerprint density at radius 3 is 2.33 bits per heavy atom. The van der Waals surface area contributed by atoms with Crippen LogP contribution >= 0.6 is 24.0 Å². The van der Waals surface area contributed by atoms with Gasteiger partial charge in [-0.1, -0.05) is 25.0 Å². The third-order valence-corrected chi connectivity index (χ3v) is 3.42. The first kappa shape index (κ1) is 20.2. The van der Waals surface area contributed by atoms with Crippen LogP contribution in [0.5, 0.6) is 0 Å². The van der Waals surface area contributed by atoms with Crippen molar-refractivity contribution in [1.82, 2.24) is 15.1 Å². The van der Waals surface area contributed by atoms with E-state index in [1.54, 1.807) is 19.0 Å². The lowest BCUT2D eigenvalue weighted by molar-refractivity contribution is -0.127. The van der Waals surface area contributed by atoms with Gasteiger partial charge in [-0.15, -0.1) is 24.0 Å². The van der Waals surface area contributed by atoms with Crippen molar-refractivity contribution in [3.63, 3.8) is 0 Å². The Morgan fingerprint density at radius 2 is 1.86 bits per heavy atom. The fourth-order valence-corrected chi connectivity index (χ4v) is 2.29. The lowest BCUT2D eigenvalue weighted by Crippen LogP contribution is -2.44. The summed E-state index contributed by atoms with van der Waals surface area (Å²) in [5.74, 6) is 0.814. The monoisotopic (exact) mass is 408 g/mol.